The van der Waals surface area contributed by atoms with Crippen LogP contribution in [0.1, 0.15) is 146 Å². The lowest BCUT2D eigenvalue weighted by Gasteiger charge is -2.42. The molecule has 0 radical (unpaired) electrons. The molecule has 2 atom stereocenters. The van der Waals surface area contributed by atoms with Crippen molar-refractivity contribution in [2.45, 2.75) is 129 Å². The zero-order valence-electron chi connectivity index (χ0n) is 36.6. The first-order chi connectivity index (χ1) is 26.5. The highest BCUT2D eigenvalue weighted by Crippen LogP contribution is 2.57. The minimum absolute atomic E-state index is 0.157. The third kappa shape index (κ3) is 7.11. The molecule has 6 aromatic rings. The van der Waals surface area contributed by atoms with Crippen molar-refractivity contribution in [3.63, 3.8) is 0 Å². The third-order valence-corrected chi connectivity index (χ3v) is 12.4. The summed E-state index contributed by atoms with van der Waals surface area (Å²) in [5.41, 5.74) is 17.4. The van der Waals surface area contributed by atoms with E-state index in [1.807, 2.05) is 6.92 Å². The summed E-state index contributed by atoms with van der Waals surface area (Å²) in [6.07, 6.45) is 0. The fourth-order valence-corrected chi connectivity index (χ4v) is 9.07. The van der Waals surface area contributed by atoms with Crippen LogP contribution in [0.15, 0.2) is 109 Å². The number of benzene rings is 6. The minimum atomic E-state index is -1.57. The molecule has 0 spiro atoms. The van der Waals surface area contributed by atoms with Gasteiger partial charge in [0.2, 0.25) is 0 Å². The first-order valence-corrected chi connectivity index (χ1v) is 20.9. The Morgan fingerprint density at radius 3 is 1.18 bits per heavy atom. The van der Waals surface area contributed by atoms with E-state index in [1.54, 1.807) is 0 Å². The van der Waals surface area contributed by atoms with Gasteiger partial charge in [-0.15, -0.1) is 0 Å². The lowest BCUT2D eigenvalue weighted by atomic mass is 9.63. The molecule has 57 heavy (non-hydrogen) atoms. The average Bonchev–Trinajstić information content (AvgIpc) is 3.23. The van der Waals surface area contributed by atoms with E-state index in [4.69, 9.17) is 10.5 Å². The molecule has 0 unspecified atom stereocenters. The number of nitrogens with two attached hydrogens (primary N) is 1. The molecule has 3 nitrogen and oxygen atoms in total. The Morgan fingerprint density at radius 1 is 0.526 bits per heavy atom. The van der Waals surface area contributed by atoms with Gasteiger partial charge in [0, 0.05) is 11.8 Å². The molecule has 0 aromatic heterocycles. The van der Waals surface area contributed by atoms with E-state index in [0.717, 1.165) is 54.9 Å². The second-order valence-corrected chi connectivity index (χ2v) is 20.7. The standard InChI is InChI=1S/C54H63NO2/c1-14-57-49(56)54(55)47(35-27-37(50(2,3)4)31-38(28-35)51(5,6)7)43-25-23-33-19-15-17-21-41(33)45(43)46-42-22-18-16-20-34(42)24-26-44(46)48(54)36-29-39(52(8,9)10)32-40(30-36)53(11,12)13/h15-32,47-48H,14,55H2,1-13H3/t47-,48-/m1/s1. The first-order valence-electron chi connectivity index (χ1n) is 20.9. The van der Waals surface area contributed by atoms with Gasteiger partial charge < -0.3 is 10.5 Å². The Morgan fingerprint density at radius 2 is 0.860 bits per heavy atom. The zero-order chi connectivity index (χ0) is 41.5. The van der Waals surface area contributed by atoms with Gasteiger partial charge in [0.1, 0.15) is 5.54 Å². The molecule has 0 fully saturated rings. The van der Waals surface area contributed by atoms with Gasteiger partial charge in [0.25, 0.3) is 0 Å². The number of rotatable bonds is 4. The molecule has 1 aliphatic carbocycles. The Bertz CT molecular complexity index is 2280. The van der Waals surface area contributed by atoms with Gasteiger partial charge in [-0.05, 0) is 106 Å². The molecule has 0 heterocycles. The smallest absolute Gasteiger partial charge is 0.328 e. The highest BCUT2D eigenvalue weighted by atomic mass is 16.5. The molecule has 1 aliphatic rings. The summed E-state index contributed by atoms with van der Waals surface area (Å²) >= 11 is 0. The van der Waals surface area contributed by atoms with Crippen molar-refractivity contribution in [2.24, 2.45) is 5.73 Å². The van der Waals surface area contributed by atoms with E-state index in [-0.39, 0.29) is 28.3 Å². The third-order valence-electron chi connectivity index (χ3n) is 12.4. The fraction of sp³-hybridized carbons (Fsp3) is 0.389. The van der Waals surface area contributed by atoms with Crippen molar-refractivity contribution in [3.05, 3.63) is 154 Å². The number of hydrogen-bond donors (Lipinski definition) is 1. The second kappa shape index (κ2) is 14.0. The summed E-state index contributed by atoms with van der Waals surface area (Å²) in [6.45, 7) is 29.3. The topological polar surface area (TPSA) is 52.3 Å². The predicted octanol–water partition coefficient (Wildman–Crippen LogP) is 13.4. The maximum Gasteiger partial charge on any atom is 0.328 e. The maximum atomic E-state index is 15.6. The SMILES string of the molecule is CCOC(=O)C1(N)[C@H](c2cc(C(C)(C)C)cc(C(C)(C)C)c2)c2ccc3ccccc3c2-c2c(ccc3ccccc23)[C@H]1c1cc(C(C)(C)C)cc(C(C)(C)C)c1. The van der Waals surface area contributed by atoms with Crippen molar-refractivity contribution in [1.29, 1.82) is 0 Å². The molecule has 3 heteroatoms. The van der Waals surface area contributed by atoms with Crippen LogP contribution in [0, 0.1) is 0 Å². The minimum Gasteiger partial charge on any atom is -0.465 e. The van der Waals surface area contributed by atoms with Crippen molar-refractivity contribution in [3.8, 4) is 11.1 Å². The Hall–Kier alpha value is -4.73. The monoisotopic (exact) mass is 757 g/mol. The van der Waals surface area contributed by atoms with Crippen molar-refractivity contribution in [1.82, 2.24) is 0 Å². The highest BCUT2D eigenvalue weighted by Gasteiger charge is 2.56. The van der Waals surface area contributed by atoms with E-state index >= 15 is 4.79 Å². The van der Waals surface area contributed by atoms with Crippen LogP contribution in [0.2, 0.25) is 0 Å². The van der Waals surface area contributed by atoms with E-state index in [2.05, 4.69) is 192 Å². The van der Waals surface area contributed by atoms with Gasteiger partial charge >= 0.3 is 5.97 Å². The molecule has 0 amide bonds. The van der Waals surface area contributed by atoms with E-state index < -0.39 is 23.3 Å². The molecule has 7 rings (SSSR count). The molecule has 0 saturated heterocycles. The first kappa shape index (κ1) is 40.5. The number of ether oxygens (including phenoxy) is 1. The highest BCUT2D eigenvalue weighted by molar-refractivity contribution is 6.10. The van der Waals surface area contributed by atoms with E-state index in [0.29, 0.717) is 0 Å². The van der Waals surface area contributed by atoms with Gasteiger partial charge in [0.15, 0.2) is 0 Å². The average molecular weight is 758 g/mol. The summed E-state index contributed by atoms with van der Waals surface area (Å²) < 4.78 is 6.27. The Balaban J connectivity index is 1.77. The predicted molar refractivity (Wildman–Crippen MR) is 242 cm³/mol. The van der Waals surface area contributed by atoms with Crippen LogP contribution < -0.4 is 5.73 Å². The molecular weight excluding hydrogens is 695 g/mol. The van der Waals surface area contributed by atoms with Crippen LogP contribution in [0.25, 0.3) is 32.7 Å². The largest absolute Gasteiger partial charge is 0.465 e. The number of esters is 1. The van der Waals surface area contributed by atoms with Gasteiger partial charge in [-0.2, -0.15) is 0 Å². The molecule has 0 saturated carbocycles. The van der Waals surface area contributed by atoms with Crippen LogP contribution in [0.4, 0.5) is 0 Å². The van der Waals surface area contributed by atoms with Crippen LogP contribution in [-0.4, -0.2) is 18.1 Å². The second-order valence-electron chi connectivity index (χ2n) is 20.7. The molecule has 6 aromatic carbocycles. The zero-order valence-corrected chi connectivity index (χ0v) is 36.6. The van der Waals surface area contributed by atoms with Crippen molar-refractivity contribution < 1.29 is 9.53 Å². The molecule has 296 valence electrons. The molecule has 2 N–H and O–H groups in total. The van der Waals surface area contributed by atoms with Gasteiger partial charge in [-0.1, -0.05) is 192 Å². The summed E-state index contributed by atoms with van der Waals surface area (Å²) in [7, 11) is 0. The Labute approximate surface area is 342 Å². The van der Waals surface area contributed by atoms with Crippen molar-refractivity contribution in [2.75, 3.05) is 6.61 Å². The summed E-state index contributed by atoms with van der Waals surface area (Å²) in [5, 5.41) is 4.59. The fourth-order valence-electron chi connectivity index (χ4n) is 9.07. The van der Waals surface area contributed by atoms with Crippen LogP contribution in [0.3, 0.4) is 0 Å². The quantitative estimate of drug-likeness (QED) is 0.182. The lowest BCUT2D eigenvalue weighted by molar-refractivity contribution is -0.151. The summed E-state index contributed by atoms with van der Waals surface area (Å²) in [6, 6.07) is 40.3. The van der Waals surface area contributed by atoms with Gasteiger partial charge in [0.05, 0.1) is 6.61 Å². The van der Waals surface area contributed by atoms with Crippen molar-refractivity contribution >= 4 is 27.5 Å². The maximum absolute atomic E-state index is 15.6. The number of fused-ring (bicyclic) bond motifs is 7. The van der Waals surface area contributed by atoms with E-state index in [9.17, 15) is 0 Å². The van der Waals surface area contributed by atoms with Gasteiger partial charge in [-0.25, -0.2) is 4.79 Å². The van der Waals surface area contributed by atoms with E-state index in [1.165, 1.54) is 22.3 Å². The molecular formula is C54H63NO2. The van der Waals surface area contributed by atoms with Crippen LogP contribution in [0.5, 0.6) is 0 Å². The van der Waals surface area contributed by atoms with Crippen LogP contribution in [-0.2, 0) is 31.2 Å². The molecule has 0 bridgehead atoms. The van der Waals surface area contributed by atoms with Gasteiger partial charge in [-0.3, -0.25) is 0 Å². The van der Waals surface area contributed by atoms with Crippen LogP contribution >= 0.6 is 0 Å². The summed E-state index contributed by atoms with van der Waals surface area (Å²) in [4.78, 5) is 15.6. The summed E-state index contributed by atoms with van der Waals surface area (Å²) in [5.74, 6) is -1.55. The number of carbonyl (C=O) groups is 1. The molecule has 0 aliphatic heterocycles. The normalized spacial score (nSPS) is 17.2. The number of carbonyl (C=O) groups excluding carboxylic acids is 1. The number of hydrogen-bond acceptors (Lipinski definition) is 3. The lowest BCUT2D eigenvalue weighted by Crippen LogP contribution is -2.58. The Kier molecular flexibility index (Phi) is 9.92.